The minimum absolute atomic E-state index is 0.0962. The van der Waals surface area contributed by atoms with Crippen molar-refractivity contribution in [3.63, 3.8) is 0 Å². The quantitative estimate of drug-likeness (QED) is 0.749. The fraction of sp³-hybridized carbons (Fsp3) is 0.333. The topological polar surface area (TPSA) is 52.6 Å². The van der Waals surface area contributed by atoms with Gasteiger partial charge in [0.1, 0.15) is 5.75 Å². The largest absolute Gasteiger partial charge is 0.434 e. The first kappa shape index (κ1) is 12.9. The summed E-state index contributed by atoms with van der Waals surface area (Å²) in [5, 5.41) is 0. The number of alkyl halides is 2. The van der Waals surface area contributed by atoms with Crippen molar-refractivity contribution in [2.24, 2.45) is 0 Å². The van der Waals surface area contributed by atoms with Crippen molar-refractivity contribution in [1.29, 1.82) is 0 Å². The molecule has 0 aliphatic rings. The Bertz CT molecular complexity index is 445. The molecule has 0 aromatic heterocycles. The van der Waals surface area contributed by atoms with Gasteiger partial charge in [0.15, 0.2) is 0 Å². The first-order chi connectivity index (χ1) is 7.38. The fourth-order valence-electron chi connectivity index (χ4n) is 1.00. The molecule has 0 aliphatic carbocycles. The Kier molecular flexibility index (Phi) is 4.19. The van der Waals surface area contributed by atoms with Crippen LogP contribution in [0.25, 0.3) is 0 Å². The van der Waals surface area contributed by atoms with E-state index in [-0.39, 0.29) is 17.9 Å². The molecule has 1 aromatic carbocycles. The Balaban J connectivity index is 2.79. The SMILES string of the molecule is CS(=O)(=O)OCc1ccccc1OC(F)F. The third-order valence-electron chi connectivity index (χ3n) is 1.62. The molecule has 1 rings (SSSR count). The minimum Gasteiger partial charge on any atom is -0.434 e. The van der Waals surface area contributed by atoms with Crippen LogP contribution in [-0.4, -0.2) is 21.3 Å². The molecule has 16 heavy (non-hydrogen) atoms. The second-order valence-corrected chi connectivity index (χ2v) is 4.60. The van der Waals surface area contributed by atoms with Crippen LogP contribution in [0.3, 0.4) is 0 Å². The van der Waals surface area contributed by atoms with Crippen molar-refractivity contribution in [2.45, 2.75) is 13.2 Å². The molecule has 0 radical (unpaired) electrons. The first-order valence-corrected chi connectivity index (χ1v) is 6.07. The number of hydrogen-bond acceptors (Lipinski definition) is 4. The van der Waals surface area contributed by atoms with E-state index in [0.717, 1.165) is 6.26 Å². The molecule has 0 amide bonds. The van der Waals surface area contributed by atoms with E-state index in [1.54, 1.807) is 6.07 Å². The third kappa shape index (κ3) is 4.54. The summed E-state index contributed by atoms with van der Waals surface area (Å²) >= 11 is 0. The molecule has 0 saturated heterocycles. The van der Waals surface area contributed by atoms with Gasteiger partial charge in [-0.1, -0.05) is 18.2 Å². The highest BCUT2D eigenvalue weighted by atomic mass is 32.2. The zero-order valence-electron chi connectivity index (χ0n) is 8.39. The highest BCUT2D eigenvalue weighted by Crippen LogP contribution is 2.21. The summed E-state index contributed by atoms with van der Waals surface area (Å²) < 4.78 is 54.1. The van der Waals surface area contributed by atoms with E-state index in [1.807, 2.05) is 0 Å². The van der Waals surface area contributed by atoms with Crippen LogP contribution >= 0.6 is 0 Å². The van der Waals surface area contributed by atoms with Crippen LogP contribution in [0.1, 0.15) is 5.56 Å². The van der Waals surface area contributed by atoms with Gasteiger partial charge in [-0.15, -0.1) is 0 Å². The first-order valence-electron chi connectivity index (χ1n) is 4.25. The van der Waals surface area contributed by atoms with Gasteiger partial charge in [-0.3, -0.25) is 4.18 Å². The van der Waals surface area contributed by atoms with E-state index in [4.69, 9.17) is 0 Å². The van der Waals surface area contributed by atoms with E-state index in [0.29, 0.717) is 0 Å². The highest BCUT2D eigenvalue weighted by molar-refractivity contribution is 7.85. The van der Waals surface area contributed by atoms with Gasteiger partial charge in [0, 0.05) is 5.56 Å². The molecule has 0 aliphatic heterocycles. The summed E-state index contributed by atoms with van der Waals surface area (Å²) in [4.78, 5) is 0. The zero-order valence-corrected chi connectivity index (χ0v) is 9.21. The van der Waals surface area contributed by atoms with Crippen molar-refractivity contribution in [1.82, 2.24) is 0 Å². The molecule has 0 N–H and O–H groups in total. The average Bonchev–Trinajstić information content (AvgIpc) is 2.14. The van der Waals surface area contributed by atoms with Crippen LogP contribution in [0.4, 0.5) is 8.78 Å². The lowest BCUT2D eigenvalue weighted by Gasteiger charge is -2.09. The third-order valence-corrected chi connectivity index (χ3v) is 2.16. The number of benzene rings is 1. The van der Waals surface area contributed by atoms with Gasteiger partial charge in [0.25, 0.3) is 10.1 Å². The Morgan fingerprint density at radius 1 is 1.31 bits per heavy atom. The Hall–Kier alpha value is -1.21. The molecule has 0 heterocycles. The van der Waals surface area contributed by atoms with Gasteiger partial charge < -0.3 is 4.74 Å². The number of ether oxygens (including phenoxy) is 1. The van der Waals surface area contributed by atoms with Crippen LogP contribution < -0.4 is 4.74 Å². The number of rotatable bonds is 5. The monoisotopic (exact) mass is 252 g/mol. The average molecular weight is 252 g/mol. The lowest BCUT2D eigenvalue weighted by Crippen LogP contribution is -2.07. The second-order valence-electron chi connectivity index (χ2n) is 2.95. The zero-order chi connectivity index (χ0) is 12.2. The molecule has 0 spiro atoms. The van der Waals surface area contributed by atoms with Gasteiger partial charge in [-0.05, 0) is 6.07 Å². The Morgan fingerprint density at radius 3 is 2.50 bits per heavy atom. The van der Waals surface area contributed by atoms with E-state index in [9.17, 15) is 17.2 Å². The maximum Gasteiger partial charge on any atom is 0.387 e. The van der Waals surface area contributed by atoms with Gasteiger partial charge in [0.2, 0.25) is 0 Å². The van der Waals surface area contributed by atoms with Crippen LogP contribution in [0.5, 0.6) is 5.75 Å². The molecule has 1 aromatic rings. The van der Waals surface area contributed by atoms with Crippen molar-refractivity contribution in [2.75, 3.05) is 6.26 Å². The normalized spacial score (nSPS) is 11.8. The van der Waals surface area contributed by atoms with Crippen LogP contribution in [0.2, 0.25) is 0 Å². The molecule has 4 nitrogen and oxygen atoms in total. The molecule has 0 fully saturated rings. The molecule has 90 valence electrons. The molecular formula is C9H10F2O4S. The number of halogens is 2. The summed E-state index contributed by atoms with van der Waals surface area (Å²) in [5.74, 6) is -0.0962. The van der Waals surface area contributed by atoms with E-state index >= 15 is 0 Å². The standard InChI is InChI=1S/C9H10F2O4S/c1-16(12,13)14-6-7-4-2-3-5-8(7)15-9(10)11/h2-5,9H,6H2,1H3. The summed E-state index contributed by atoms with van der Waals surface area (Å²) in [6.45, 7) is -3.29. The van der Waals surface area contributed by atoms with Crippen molar-refractivity contribution < 1.29 is 26.1 Å². The summed E-state index contributed by atoms with van der Waals surface area (Å²) in [6, 6.07) is 5.83. The van der Waals surface area contributed by atoms with Crippen LogP contribution in [0, 0.1) is 0 Å². The van der Waals surface area contributed by atoms with Gasteiger partial charge in [-0.2, -0.15) is 17.2 Å². The number of hydrogen-bond donors (Lipinski definition) is 0. The van der Waals surface area contributed by atoms with Gasteiger partial charge in [0.05, 0.1) is 12.9 Å². The summed E-state index contributed by atoms with van der Waals surface area (Å²) in [5.41, 5.74) is 0.244. The molecule has 7 heteroatoms. The van der Waals surface area contributed by atoms with Gasteiger partial charge >= 0.3 is 6.61 Å². The van der Waals surface area contributed by atoms with E-state index < -0.39 is 16.7 Å². The van der Waals surface area contributed by atoms with Crippen molar-refractivity contribution >= 4 is 10.1 Å². The molecule has 0 saturated carbocycles. The lowest BCUT2D eigenvalue weighted by atomic mass is 10.2. The van der Waals surface area contributed by atoms with Crippen molar-refractivity contribution in [3.05, 3.63) is 29.8 Å². The minimum atomic E-state index is -3.61. The predicted octanol–water partition coefficient (Wildman–Crippen LogP) is 1.76. The van der Waals surface area contributed by atoms with Crippen LogP contribution in [-0.2, 0) is 20.9 Å². The molecule has 0 bridgehead atoms. The maximum absolute atomic E-state index is 12.0. The smallest absolute Gasteiger partial charge is 0.387 e. The van der Waals surface area contributed by atoms with Crippen molar-refractivity contribution in [3.8, 4) is 5.75 Å². The Labute approximate surface area is 91.9 Å². The Morgan fingerprint density at radius 2 is 1.94 bits per heavy atom. The molecular weight excluding hydrogens is 242 g/mol. The summed E-state index contributed by atoms with van der Waals surface area (Å²) in [6.07, 6.45) is 0.879. The van der Waals surface area contributed by atoms with Gasteiger partial charge in [-0.25, -0.2) is 0 Å². The van der Waals surface area contributed by atoms with E-state index in [2.05, 4.69) is 8.92 Å². The van der Waals surface area contributed by atoms with E-state index in [1.165, 1.54) is 18.2 Å². The predicted molar refractivity (Wildman–Crippen MR) is 52.7 cm³/mol. The number of para-hydroxylation sites is 1. The summed E-state index contributed by atoms with van der Waals surface area (Å²) in [7, 11) is -3.61. The molecule has 0 unspecified atom stereocenters. The van der Waals surface area contributed by atoms with Crippen LogP contribution in [0.15, 0.2) is 24.3 Å². The fourth-order valence-corrected chi connectivity index (χ4v) is 1.35. The lowest BCUT2D eigenvalue weighted by molar-refractivity contribution is -0.0508. The second kappa shape index (κ2) is 5.22. The maximum atomic E-state index is 12.0. The highest BCUT2D eigenvalue weighted by Gasteiger charge is 2.11. The molecule has 0 atom stereocenters.